The van der Waals surface area contributed by atoms with Gasteiger partial charge in [0.25, 0.3) is 0 Å². The highest BCUT2D eigenvalue weighted by Crippen LogP contribution is 2.33. The maximum Gasteiger partial charge on any atom is 0.329 e. The zero-order valence-electron chi connectivity index (χ0n) is 30.6. The summed E-state index contributed by atoms with van der Waals surface area (Å²) in [6.07, 6.45) is 6.72. The van der Waals surface area contributed by atoms with E-state index in [0.29, 0.717) is 67.8 Å². The molecule has 17 heteroatoms. The molecule has 2 aromatic carbocycles. The number of aryl methyl sites for hydroxylation is 2. The summed E-state index contributed by atoms with van der Waals surface area (Å²) in [6, 6.07) is 12.5. The smallest absolute Gasteiger partial charge is 0.329 e. The van der Waals surface area contributed by atoms with Crippen molar-refractivity contribution in [3.05, 3.63) is 65.5 Å². The largest absolute Gasteiger partial charge is 0.351 e. The van der Waals surface area contributed by atoms with Gasteiger partial charge in [-0.3, -0.25) is 29.3 Å². The van der Waals surface area contributed by atoms with Crippen molar-refractivity contribution in [2.75, 3.05) is 49.5 Å². The number of aromatic nitrogens is 6. The van der Waals surface area contributed by atoms with Crippen molar-refractivity contribution < 1.29 is 18.0 Å². The van der Waals surface area contributed by atoms with E-state index in [0.717, 1.165) is 47.9 Å². The van der Waals surface area contributed by atoms with E-state index < -0.39 is 16.1 Å². The lowest BCUT2D eigenvalue weighted by Gasteiger charge is -2.31. The fourth-order valence-corrected chi connectivity index (χ4v) is 9.10. The van der Waals surface area contributed by atoms with Crippen LogP contribution in [0.3, 0.4) is 0 Å². The highest BCUT2D eigenvalue weighted by molar-refractivity contribution is 7.89. The number of nitrogens with one attached hydrogen (secondary N) is 2. The van der Waals surface area contributed by atoms with Crippen molar-refractivity contribution in [1.29, 1.82) is 5.26 Å². The molecule has 0 spiro atoms. The number of amides is 3. The molecular weight excluding hydrogens is 721 g/mol. The molecule has 282 valence electrons. The lowest BCUT2D eigenvalue weighted by molar-refractivity contribution is -0.120. The van der Waals surface area contributed by atoms with Gasteiger partial charge in [0.2, 0.25) is 21.9 Å². The Balaban J connectivity index is 0.872. The quantitative estimate of drug-likeness (QED) is 0.232. The predicted octanol–water partition coefficient (Wildman–Crippen LogP) is 3.06. The number of hydrogen-bond donors (Lipinski definition) is 2. The molecule has 0 saturated carbocycles. The van der Waals surface area contributed by atoms with E-state index in [1.54, 1.807) is 21.8 Å². The summed E-state index contributed by atoms with van der Waals surface area (Å²) < 4.78 is 32.4. The molecule has 0 atom stereocenters. The van der Waals surface area contributed by atoms with Gasteiger partial charge in [-0.15, -0.1) is 0 Å². The van der Waals surface area contributed by atoms with Gasteiger partial charge in [-0.2, -0.15) is 24.7 Å². The first-order valence-electron chi connectivity index (χ1n) is 18.3. The molecular formula is C38H40N12O4S. The van der Waals surface area contributed by atoms with E-state index in [9.17, 15) is 23.3 Å². The highest BCUT2D eigenvalue weighted by atomic mass is 32.2. The molecule has 5 aromatic rings. The van der Waals surface area contributed by atoms with E-state index in [-0.39, 0.29) is 23.3 Å². The van der Waals surface area contributed by atoms with Gasteiger partial charge in [0.1, 0.15) is 6.07 Å². The maximum atomic E-state index is 13.7. The maximum absolute atomic E-state index is 13.7. The number of anilines is 2. The van der Waals surface area contributed by atoms with Crippen LogP contribution in [0.2, 0.25) is 0 Å². The Morgan fingerprint density at radius 1 is 0.945 bits per heavy atom. The van der Waals surface area contributed by atoms with Crippen LogP contribution in [-0.2, 0) is 28.9 Å². The summed E-state index contributed by atoms with van der Waals surface area (Å²) in [5.74, 6) is 7.39. The summed E-state index contributed by atoms with van der Waals surface area (Å²) in [5.41, 5.74) is 3.59. The van der Waals surface area contributed by atoms with Crippen LogP contribution in [0.5, 0.6) is 0 Å². The molecule has 3 amide bonds. The molecule has 16 nitrogen and oxygen atoms in total. The lowest BCUT2D eigenvalue weighted by Crippen LogP contribution is -2.49. The van der Waals surface area contributed by atoms with Crippen LogP contribution in [0.25, 0.3) is 21.9 Å². The molecule has 3 saturated heterocycles. The molecule has 6 heterocycles. The number of nitriles is 1. The Morgan fingerprint density at radius 2 is 1.75 bits per heavy atom. The van der Waals surface area contributed by atoms with E-state index in [2.05, 4.69) is 65.7 Å². The minimum absolute atomic E-state index is 0.0211. The number of carbonyl (C=O) groups is 2. The molecule has 8 rings (SSSR count). The molecule has 3 aliphatic rings. The summed E-state index contributed by atoms with van der Waals surface area (Å²) in [5, 5.41) is 26.0. The van der Waals surface area contributed by atoms with Gasteiger partial charge in [0.05, 0.1) is 34.1 Å². The SMILES string of the molecule is Cn1nc(N2CCC(=O)NC2=O)c2ccc(C3CCN(CC#Cc4cc(S(=O)(=O)N5CCC(Nc6ncc7cnn(C)c7n6)CC5)ccc4C#N)CC3)cc21. The van der Waals surface area contributed by atoms with Crippen LogP contribution in [0.1, 0.15) is 54.7 Å². The number of piperidine rings is 2. The van der Waals surface area contributed by atoms with Gasteiger partial charge in [-0.05, 0) is 80.6 Å². The number of imide groups is 1. The van der Waals surface area contributed by atoms with Gasteiger partial charge in [0.15, 0.2) is 11.5 Å². The average Bonchev–Trinajstić information content (AvgIpc) is 3.73. The predicted molar refractivity (Wildman–Crippen MR) is 204 cm³/mol. The fraction of sp³-hybridized carbons (Fsp3) is 0.395. The van der Waals surface area contributed by atoms with E-state index in [1.807, 2.05) is 20.2 Å². The Labute approximate surface area is 318 Å². The van der Waals surface area contributed by atoms with Crippen molar-refractivity contribution in [1.82, 2.24) is 44.1 Å². The molecule has 0 bridgehead atoms. The molecule has 3 aromatic heterocycles. The zero-order valence-corrected chi connectivity index (χ0v) is 31.4. The number of nitrogens with zero attached hydrogens (tertiary/aromatic N) is 10. The molecule has 3 fully saturated rings. The van der Waals surface area contributed by atoms with Crippen LogP contribution in [0.15, 0.2) is 53.7 Å². The van der Waals surface area contributed by atoms with E-state index >= 15 is 0 Å². The van der Waals surface area contributed by atoms with Crippen LogP contribution in [-0.4, -0.2) is 104 Å². The Kier molecular flexibility index (Phi) is 9.68. The second-order valence-corrected chi connectivity index (χ2v) is 16.2. The van der Waals surface area contributed by atoms with Gasteiger partial charge in [-0.25, -0.2) is 18.2 Å². The molecule has 2 N–H and O–H groups in total. The summed E-state index contributed by atoms with van der Waals surface area (Å²) in [6.45, 7) is 3.14. The Bertz CT molecular complexity index is 2530. The molecule has 0 aliphatic carbocycles. The van der Waals surface area contributed by atoms with Crippen molar-refractivity contribution in [3.8, 4) is 17.9 Å². The number of urea groups is 1. The monoisotopic (exact) mass is 760 g/mol. The van der Waals surface area contributed by atoms with Crippen LogP contribution in [0, 0.1) is 23.2 Å². The molecule has 0 unspecified atom stereocenters. The van der Waals surface area contributed by atoms with Crippen molar-refractivity contribution >= 4 is 55.7 Å². The summed E-state index contributed by atoms with van der Waals surface area (Å²) in [7, 11) is -0.119. The Morgan fingerprint density at radius 3 is 2.51 bits per heavy atom. The molecule has 3 aliphatic heterocycles. The van der Waals surface area contributed by atoms with Gasteiger partial charge in [0, 0.05) is 63.3 Å². The summed E-state index contributed by atoms with van der Waals surface area (Å²) >= 11 is 0. The first-order valence-corrected chi connectivity index (χ1v) is 19.8. The second kappa shape index (κ2) is 14.7. The number of rotatable bonds is 7. The number of sulfonamides is 1. The van der Waals surface area contributed by atoms with Gasteiger partial charge in [-0.1, -0.05) is 17.9 Å². The van der Waals surface area contributed by atoms with Gasteiger partial charge < -0.3 is 5.32 Å². The summed E-state index contributed by atoms with van der Waals surface area (Å²) in [4.78, 5) is 37.0. The van der Waals surface area contributed by atoms with E-state index in [1.165, 1.54) is 33.0 Å². The Hall–Kier alpha value is -5.88. The normalized spacial score (nSPS) is 17.9. The van der Waals surface area contributed by atoms with Crippen molar-refractivity contribution in [2.45, 2.75) is 49.0 Å². The van der Waals surface area contributed by atoms with Crippen LogP contribution in [0.4, 0.5) is 16.6 Å². The topological polar surface area (TPSA) is 187 Å². The minimum atomic E-state index is -3.80. The third-order valence-corrected chi connectivity index (χ3v) is 12.7. The van der Waals surface area contributed by atoms with Crippen LogP contribution >= 0.6 is 0 Å². The number of likely N-dealkylation sites (tertiary alicyclic amines) is 1. The second-order valence-electron chi connectivity index (χ2n) is 14.2. The first kappa shape index (κ1) is 36.1. The first-order chi connectivity index (χ1) is 26.6. The number of benzene rings is 2. The fourth-order valence-electron chi connectivity index (χ4n) is 7.61. The zero-order chi connectivity index (χ0) is 38.3. The highest BCUT2D eigenvalue weighted by Gasteiger charge is 2.31. The third kappa shape index (κ3) is 7.21. The lowest BCUT2D eigenvalue weighted by atomic mass is 9.89. The van der Waals surface area contributed by atoms with E-state index in [4.69, 9.17) is 0 Å². The molecule has 0 radical (unpaired) electrons. The van der Waals surface area contributed by atoms with Crippen molar-refractivity contribution in [2.24, 2.45) is 14.1 Å². The number of carbonyl (C=O) groups excluding carboxylic acids is 2. The minimum Gasteiger partial charge on any atom is -0.351 e. The third-order valence-electron chi connectivity index (χ3n) is 10.8. The standard InChI is InChI=1S/C38H40N12O4S/c1-46-33-21-27(6-8-32(33)36(45-46)50-19-13-34(51)43-38(50)52)25-9-15-48(16-10-25)14-3-4-26-20-31(7-5-28(26)22-39)55(53,54)49-17-11-30(12-18-49)42-37-40-23-29-24-41-47(2)35(29)44-37/h5-8,20-21,23-25,30H,9-19H2,1-2H3,(H,40,42,44)(H,43,51,52). The molecule has 55 heavy (non-hydrogen) atoms. The van der Waals surface area contributed by atoms with Crippen molar-refractivity contribution in [3.63, 3.8) is 0 Å². The average molecular weight is 761 g/mol. The number of hydrogen-bond acceptors (Lipinski definition) is 11. The van der Waals surface area contributed by atoms with Crippen LogP contribution < -0.4 is 15.5 Å². The number of fused-ring (bicyclic) bond motifs is 2. The van der Waals surface area contributed by atoms with Gasteiger partial charge >= 0.3 is 6.03 Å².